The summed E-state index contributed by atoms with van der Waals surface area (Å²) in [4.78, 5) is 9.94. The number of likely N-dealkylation sites (N-methyl/N-ethyl adjacent to an activating group) is 1. The Morgan fingerprint density at radius 1 is 1.15 bits per heavy atom. The van der Waals surface area contributed by atoms with Crippen molar-refractivity contribution in [2.75, 3.05) is 66.6 Å². The van der Waals surface area contributed by atoms with Crippen LogP contribution in [0.1, 0.15) is 46.0 Å². The van der Waals surface area contributed by atoms with E-state index in [1.54, 1.807) is 7.11 Å². The number of nitrogens with zero attached hydrogens (tertiary/aromatic N) is 3. The highest BCUT2D eigenvalue weighted by molar-refractivity contribution is 5.79. The number of nitrogens with one attached hydrogen (secondary N) is 2. The van der Waals surface area contributed by atoms with Gasteiger partial charge in [0.05, 0.1) is 0 Å². The van der Waals surface area contributed by atoms with Gasteiger partial charge in [0.15, 0.2) is 5.96 Å². The van der Waals surface area contributed by atoms with Crippen LogP contribution in [0, 0.1) is 5.41 Å². The van der Waals surface area contributed by atoms with Crippen LogP contribution in [0.25, 0.3) is 0 Å². The van der Waals surface area contributed by atoms with Crippen molar-refractivity contribution < 1.29 is 4.74 Å². The average Bonchev–Trinajstić information content (AvgIpc) is 3.12. The Morgan fingerprint density at radius 3 is 2.46 bits per heavy atom. The van der Waals surface area contributed by atoms with Crippen LogP contribution >= 0.6 is 0 Å². The van der Waals surface area contributed by atoms with E-state index in [1.807, 2.05) is 0 Å². The monoisotopic (exact) mass is 367 g/mol. The minimum Gasteiger partial charge on any atom is -0.385 e. The lowest BCUT2D eigenvalue weighted by molar-refractivity contribution is 0.120. The van der Waals surface area contributed by atoms with E-state index in [2.05, 4.69) is 41.3 Å². The number of piperazine rings is 1. The molecule has 0 spiro atoms. The highest BCUT2D eigenvalue weighted by atomic mass is 16.5. The molecule has 6 heteroatoms. The van der Waals surface area contributed by atoms with E-state index >= 15 is 0 Å². The predicted molar refractivity (Wildman–Crippen MR) is 110 cm³/mol. The number of methoxy groups -OCH3 is 1. The molecule has 1 atom stereocenters. The molecule has 0 aromatic heterocycles. The van der Waals surface area contributed by atoms with Gasteiger partial charge in [-0.15, -0.1) is 0 Å². The number of aliphatic imine (C=N–C) groups is 1. The third kappa shape index (κ3) is 6.71. The van der Waals surface area contributed by atoms with Gasteiger partial charge in [0.2, 0.25) is 0 Å². The maximum Gasteiger partial charge on any atom is 0.191 e. The average molecular weight is 368 g/mol. The molecule has 0 aromatic rings. The van der Waals surface area contributed by atoms with Gasteiger partial charge < -0.3 is 20.3 Å². The molecule has 1 aliphatic heterocycles. The SMILES string of the molecule is CCNC(=NCC1(CCOC)CCCC1)NCC(C)N1CCN(C)CC1. The number of hydrogen-bond donors (Lipinski definition) is 2. The number of hydrogen-bond acceptors (Lipinski definition) is 4. The first-order chi connectivity index (χ1) is 12.6. The second-order valence-electron chi connectivity index (χ2n) is 8.21. The summed E-state index contributed by atoms with van der Waals surface area (Å²) in [6, 6.07) is 0.529. The quantitative estimate of drug-likeness (QED) is 0.481. The molecule has 2 rings (SSSR count). The fraction of sp³-hybridized carbons (Fsp3) is 0.950. The Labute approximate surface area is 160 Å². The van der Waals surface area contributed by atoms with Crippen LogP contribution in [0.15, 0.2) is 4.99 Å². The summed E-state index contributed by atoms with van der Waals surface area (Å²) in [5.41, 5.74) is 0.349. The number of guanidine groups is 1. The Bertz CT molecular complexity index is 414. The topological polar surface area (TPSA) is 52.1 Å². The standard InChI is InChI=1S/C20H41N5O/c1-5-21-19(22-16-18(2)25-13-11-24(3)12-14-25)23-17-20(10-15-26-4)8-6-7-9-20/h18H,5-17H2,1-4H3,(H2,21,22,23). The van der Waals surface area contributed by atoms with Crippen LogP contribution in [0.2, 0.25) is 0 Å². The number of ether oxygens (including phenoxy) is 1. The molecular formula is C20H41N5O. The normalized spacial score (nSPS) is 23.2. The maximum atomic E-state index is 5.35. The molecule has 152 valence electrons. The zero-order valence-electron chi connectivity index (χ0n) is 17.5. The van der Waals surface area contributed by atoms with Crippen molar-refractivity contribution in [3.8, 4) is 0 Å². The van der Waals surface area contributed by atoms with Crippen molar-refractivity contribution in [2.45, 2.75) is 52.0 Å². The summed E-state index contributed by atoms with van der Waals surface area (Å²) in [6.07, 6.45) is 6.38. The highest BCUT2D eigenvalue weighted by Gasteiger charge is 2.33. The van der Waals surface area contributed by atoms with Crippen LogP contribution in [0.3, 0.4) is 0 Å². The first kappa shape index (κ1) is 21.5. The summed E-state index contributed by atoms with van der Waals surface area (Å²) < 4.78 is 5.35. The van der Waals surface area contributed by atoms with Crippen LogP contribution < -0.4 is 10.6 Å². The Morgan fingerprint density at radius 2 is 1.85 bits per heavy atom. The van der Waals surface area contributed by atoms with Crippen molar-refractivity contribution in [1.29, 1.82) is 0 Å². The molecule has 1 saturated carbocycles. The van der Waals surface area contributed by atoms with E-state index in [1.165, 1.54) is 38.8 Å². The van der Waals surface area contributed by atoms with Crippen molar-refractivity contribution in [3.63, 3.8) is 0 Å². The predicted octanol–water partition coefficient (Wildman–Crippen LogP) is 1.77. The van der Waals surface area contributed by atoms with Gasteiger partial charge in [-0.1, -0.05) is 12.8 Å². The lowest BCUT2D eigenvalue weighted by Crippen LogP contribution is -2.52. The molecule has 1 heterocycles. The Hall–Kier alpha value is -0.850. The molecule has 1 aliphatic carbocycles. The highest BCUT2D eigenvalue weighted by Crippen LogP contribution is 2.41. The summed E-state index contributed by atoms with van der Waals surface area (Å²) in [5, 5.41) is 7.00. The number of rotatable bonds is 9. The van der Waals surface area contributed by atoms with Crippen LogP contribution in [0.4, 0.5) is 0 Å². The third-order valence-electron chi connectivity index (χ3n) is 6.14. The van der Waals surface area contributed by atoms with E-state index in [0.29, 0.717) is 11.5 Å². The van der Waals surface area contributed by atoms with E-state index in [-0.39, 0.29) is 0 Å². The van der Waals surface area contributed by atoms with Gasteiger partial charge >= 0.3 is 0 Å². The zero-order chi connectivity index (χ0) is 18.8. The second kappa shape index (κ2) is 11.1. The smallest absolute Gasteiger partial charge is 0.191 e. The van der Waals surface area contributed by atoms with Crippen molar-refractivity contribution in [1.82, 2.24) is 20.4 Å². The molecule has 0 amide bonds. The summed E-state index contributed by atoms with van der Waals surface area (Å²) in [7, 11) is 4.01. The minimum atomic E-state index is 0.349. The molecule has 0 aromatic carbocycles. The molecule has 2 fully saturated rings. The van der Waals surface area contributed by atoms with Gasteiger partial charge in [-0.25, -0.2) is 0 Å². The first-order valence-electron chi connectivity index (χ1n) is 10.5. The zero-order valence-corrected chi connectivity index (χ0v) is 17.5. The molecule has 1 saturated heterocycles. The molecule has 6 nitrogen and oxygen atoms in total. The maximum absolute atomic E-state index is 5.35. The fourth-order valence-electron chi connectivity index (χ4n) is 4.16. The lowest BCUT2D eigenvalue weighted by atomic mass is 9.83. The largest absolute Gasteiger partial charge is 0.385 e. The van der Waals surface area contributed by atoms with Crippen molar-refractivity contribution >= 4 is 5.96 Å². The van der Waals surface area contributed by atoms with Gasteiger partial charge in [-0.2, -0.15) is 0 Å². The molecule has 0 bridgehead atoms. The first-order valence-corrected chi connectivity index (χ1v) is 10.5. The molecule has 2 aliphatic rings. The Balaban J connectivity index is 1.85. The van der Waals surface area contributed by atoms with Crippen LogP contribution in [-0.4, -0.2) is 88.4 Å². The second-order valence-corrected chi connectivity index (χ2v) is 8.21. The van der Waals surface area contributed by atoms with E-state index in [0.717, 1.165) is 51.7 Å². The summed E-state index contributed by atoms with van der Waals surface area (Å²) in [6.45, 7) is 12.7. The van der Waals surface area contributed by atoms with Crippen LogP contribution in [0.5, 0.6) is 0 Å². The molecule has 0 radical (unpaired) electrons. The van der Waals surface area contributed by atoms with E-state index in [4.69, 9.17) is 9.73 Å². The van der Waals surface area contributed by atoms with Gasteiger partial charge in [0.25, 0.3) is 0 Å². The van der Waals surface area contributed by atoms with Crippen LogP contribution in [-0.2, 0) is 4.74 Å². The minimum absolute atomic E-state index is 0.349. The van der Waals surface area contributed by atoms with Gasteiger partial charge in [-0.3, -0.25) is 9.89 Å². The summed E-state index contributed by atoms with van der Waals surface area (Å²) >= 11 is 0. The summed E-state index contributed by atoms with van der Waals surface area (Å²) in [5.74, 6) is 0.970. The molecular weight excluding hydrogens is 326 g/mol. The van der Waals surface area contributed by atoms with Crippen molar-refractivity contribution in [2.24, 2.45) is 10.4 Å². The van der Waals surface area contributed by atoms with E-state index < -0.39 is 0 Å². The fourth-order valence-corrected chi connectivity index (χ4v) is 4.16. The van der Waals surface area contributed by atoms with E-state index in [9.17, 15) is 0 Å². The molecule has 1 unspecified atom stereocenters. The molecule has 26 heavy (non-hydrogen) atoms. The van der Waals surface area contributed by atoms with Gasteiger partial charge in [0, 0.05) is 65.6 Å². The lowest BCUT2D eigenvalue weighted by Gasteiger charge is -2.36. The third-order valence-corrected chi connectivity index (χ3v) is 6.14. The van der Waals surface area contributed by atoms with Gasteiger partial charge in [0.1, 0.15) is 0 Å². The molecule has 2 N–H and O–H groups in total. The Kier molecular flexibility index (Phi) is 9.16. The van der Waals surface area contributed by atoms with Crippen molar-refractivity contribution in [3.05, 3.63) is 0 Å². The van der Waals surface area contributed by atoms with Gasteiger partial charge in [-0.05, 0) is 45.6 Å².